The molecule has 0 aliphatic heterocycles. The maximum atomic E-state index is 12.0. The molecule has 24 heavy (non-hydrogen) atoms. The van der Waals surface area contributed by atoms with Crippen LogP contribution in [-0.2, 0) is 25.8 Å². The smallest absolute Gasteiger partial charge is 0.485 e. The van der Waals surface area contributed by atoms with Crippen LogP contribution in [0.25, 0.3) is 0 Å². The van der Waals surface area contributed by atoms with Crippen molar-refractivity contribution in [1.82, 2.24) is 0 Å². The topological polar surface area (TPSA) is 74.3 Å². The van der Waals surface area contributed by atoms with Gasteiger partial charge in [-0.2, -0.15) is 13.2 Å². The van der Waals surface area contributed by atoms with Gasteiger partial charge >= 0.3 is 5.51 Å². The van der Waals surface area contributed by atoms with E-state index in [9.17, 15) is 18.0 Å². The summed E-state index contributed by atoms with van der Waals surface area (Å²) < 4.78 is 58.9. The van der Waals surface area contributed by atoms with Crippen molar-refractivity contribution in [3.63, 3.8) is 0 Å². The van der Waals surface area contributed by atoms with Gasteiger partial charge in [0.25, 0.3) is 0 Å². The second-order valence-electron chi connectivity index (χ2n) is 6.92. The highest BCUT2D eigenvalue weighted by Crippen LogP contribution is 2.48. The molecule has 0 saturated heterocycles. The normalized spacial score (nSPS) is 34.6. The fourth-order valence-electron chi connectivity index (χ4n) is 4.20. The van der Waals surface area contributed by atoms with Gasteiger partial charge in [-0.05, 0) is 55.3 Å². The molecule has 3 aliphatic rings. The number of hydrogen-bond acceptors (Lipinski definition) is 4. The molecule has 3 saturated carbocycles. The third kappa shape index (κ3) is 4.66. The minimum Gasteiger partial charge on any atom is -0.741 e. The molecule has 0 spiro atoms. The van der Waals surface area contributed by atoms with Crippen molar-refractivity contribution in [3.05, 3.63) is 0 Å². The van der Waals surface area contributed by atoms with Gasteiger partial charge in [-0.3, -0.25) is 4.79 Å². The van der Waals surface area contributed by atoms with E-state index in [1.807, 2.05) is 0 Å². The van der Waals surface area contributed by atoms with Crippen molar-refractivity contribution in [2.75, 3.05) is 6.26 Å². The zero-order valence-corrected chi connectivity index (χ0v) is 15.2. The lowest BCUT2D eigenvalue weighted by Crippen LogP contribution is -2.41. The molecule has 140 valence electrons. The largest absolute Gasteiger partial charge is 0.741 e. The van der Waals surface area contributed by atoms with Crippen LogP contribution in [0.15, 0.2) is 0 Å². The van der Waals surface area contributed by atoms with Gasteiger partial charge in [0.05, 0.1) is 6.26 Å². The first-order valence-electron chi connectivity index (χ1n) is 8.19. The molecule has 0 aromatic carbocycles. The van der Waals surface area contributed by atoms with E-state index in [2.05, 4.69) is 6.26 Å². The van der Waals surface area contributed by atoms with Crippen LogP contribution >= 0.6 is 0 Å². The zero-order valence-electron chi connectivity index (χ0n) is 13.5. The number of ketones is 1. The fraction of sp³-hybridized carbons (Fsp3) is 0.933. The Morgan fingerprint density at radius 1 is 1.12 bits per heavy atom. The van der Waals surface area contributed by atoms with Gasteiger partial charge in [0.15, 0.2) is 21.2 Å². The molecule has 0 aromatic rings. The Morgan fingerprint density at radius 3 is 2.17 bits per heavy atom. The number of rotatable bonds is 2. The van der Waals surface area contributed by atoms with E-state index < -0.39 is 15.6 Å². The van der Waals surface area contributed by atoms with Crippen molar-refractivity contribution in [2.24, 2.45) is 11.8 Å². The monoisotopic (exact) mass is 388 g/mol. The number of hydrogen-bond donors (Lipinski definition) is 0. The zero-order chi connectivity index (χ0) is 18.1. The minimum absolute atomic E-state index is 0.389. The quantitative estimate of drug-likeness (QED) is 0.414. The molecule has 5 atom stereocenters. The Balaban J connectivity index is 0.000000224. The summed E-state index contributed by atoms with van der Waals surface area (Å²) in [7, 11) is -5.70. The van der Waals surface area contributed by atoms with Crippen LogP contribution in [0.5, 0.6) is 0 Å². The van der Waals surface area contributed by atoms with E-state index in [-0.39, 0.29) is 0 Å². The number of alkyl halides is 3. The number of carbonyl (C=O) groups is 1. The summed E-state index contributed by atoms with van der Waals surface area (Å²) in [6.07, 6.45) is 12.8. The van der Waals surface area contributed by atoms with E-state index in [4.69, 9.17) is 13.0 Å². The molecular formula is C15H23F3O4S2. The van der Waals surface area contributed by atoms with E-state index in [1.54, 1.807) is 0 Å². The van der Waals surface area contributed by atoms with Crippen LogP contribution in [-0.4, -0.2) is 41.0 Å². The SMILES string of the molecule is C[S+](C1CCCCC1=O)C1CC2CCC1C2.O=S(=O)([O-])C(F)(F)F. The molecular weight excluding hydrogens is 365 g/mol. The van der Waals surface area contributed by atoms with Gasteiger partial charge in [-0.25, -0.2) is 8.42 Å². The molecule has 4 nitrogen and oxygen atoms in total. The summed E-state index contributed by atoms with van der Waals surface area (Å²) in [5, 5.41) is 1.38. The van der Waals surface area contributed by atoms with Crippen molar-refractivity contribution in [1.29, 1.82) is 0 Å². The molecule has 2 bridgehead atoms. The number of halogens is 3. The predicted molar refractivity (Wildman–Crippen MR) is 85.5 cm³/mol. The summed E-state index contributed by atoms with van der Waals surface area (Å²) in [6, 6.07) is 0. The molecule has 0 aromatic heterocycles. The maximum absolute atomic E-state index is 12.0. The highest BCUT2D eigenvalue weighted by atomic mass is 32.2. The van der Waals surface area contributed by atoms with Crippen LogP contribution in [0.1, 0.15) is 51.4 Å². The van der Waals surface area contributed by atoms with Gasteiger partial charge in [0.1, 0.15) is 5.25 Å². The predicted octanol–water partition coefficient (Wildman–Crippen LogP) is 2.99. The second kappa shape index (κ2) is 7.53. The molecule has 5 unspecified atom stereocenters. The molecule has 3 aliphatic carbocycles. The lowest BCUT2D eigenvalue weighted by Gasteiger charge is -2.27. The molecule has 3 rings (SSSR count). The molecule has 3 fully saturated rings. The fourth-order valence-corrected chi connectivity index (χ4v) is 7.12. The van der Waals surface area contributed by atoms with Crippen molar-refractivity contribution >= 4 is 26.8 Å². The first-order chi connectivity index (χ1) is 11.0. The number of Topliss-reactive ketones (excluding diaryl/α,β-unsaturated/α-hetero) is 1. The Labute approximate surface area is 143 Å². The van der Waals surface area contributed by atoms with Gasteiger partial charge < -0.3 is 4.55 Å². The van der Waals surface area contributed by atoms with Crippen molar-refractivity contribution in [3.8, 4) is 0 Å². The van der Waals surface area contributed by atoms with Gasteiger partial charge in [0, 0.05) is 18.8 Å². The van der Waals surface area contributed by atoms with Crippen LogP contribution in [0.3, 0.4) is 0 Å². The lowest BCUT2D eigenvalue weighted by atomic mass is 9.99. The molecule has 9 heteroatoms. The van der Waals surface area contributed by atoms with Crippen molar-refractivity contribution < 1.29 is 30.9 Å². The molecule has 0 heterocycles. The Bertz CT molecular complexity index is 562. The average Bonchev–Trinajstić information content (AvgIpc) is 3.08. The number of fused-ring (bicyclic) bond motifs is 2. The Morgan fingerprint density at radius 2 is 1.75 bits per heavy atom. The van der Waals surface area contributed by atoms with Crippen molar-refractivity contribution in [2.45, 2.75) is 67.4 Å². The Hall–Kier alpha value is -0.280. The third-order valence-electron chi connectivity index (χ3n) is 5.38. The Kier molecular flexibility index (Phi) is 6.29. The second-order valence-corrected chi connectivity index (χ2v) is 10.7. The minimum atomic E-state index is -6.09. The van der Waals surface area contributed by atoms with E-state index >= 15 is 0 Å². The molecule has 0 amide bonds. The van der Waals surface area contributed by atoms with Gasteiger partial charge in [0.2, 0.25) is 0 Å². The first-order valence-corrected chi connectivity index (χ1v) is 11.4. The lowest BCUT2D eigenvalue weighted by molar-refractivity contribution is -0.119. The van der Waals surface area contributed by atoms with Crippen LogP contribution in [0, 0.1) is 11.8 Å². The van der Waals surface area contributed by atoms with Crippen LogP contribution in [0.2, 0.25) is 0 Å². The summed E-state index contributed by atoms with van der Waals surface area (Å²) in [4.78, 5) is 12.0. The average molecular weight is 388 g/mol. The van der Waals surface area contributed by atoms with E-state index in [0.29, 0.717) is 21.9 Å². The first kappa shape index (κ1) is 20.0. The molecule has 0 radical (unpaired) electrons. The van der Waals surface area contributed by atoms with Gasteiger partial charge in [-0.15, -0.1) is 0 Å². The van der Waals surface area contributed by atoms with Crippen LogP contribution < -0.4 is 0 Å². The molecule has 0 N–H and O–H groups in total. The number of carbonyl (C=O) groups excluding carboxylic acids is 1. The summed E-state index contributed by atoms with van der Waals surface area (Å²) in [5.41, 5.74) is -5.65. The summed E-state index contributed by atoms with van der Waals surface area (Å²) >= 11 is 0. The highest BCUT2D eigenvalue weighted by Gasteiger charge is 2.51. The van der Waals surface area contributed by atoms with Crippen LogP contribution in [0.4, 0.5) is 13.2 Å². The van der Waals surface area contributed by atoms with E-state index in [1.165, 1.54) is 38.5 Å². The third-order valence-corrected chi connectivity index (χ3v) is 8.88. The summed E-state index contributed by atoms with van der Waals surface area (Å²) in [5.74, 6) is 2.62. The standard InChI is InChI=1S/C14H23OS.CHF3O3S/c1-16(13-5-3-2-4-12(13)15)14-9-10-6-7-11(14)8-10;2-1(3,4)8(5,6)7/h10-11,13-14H,2-9H2,1H3;(H,5,6,7)/q+1;/p-1. The van der Waals surface area contributed by atoms with Gasteiger partial charge in [-0.1, -0.05) is 0 Å². The van der Waals surface area contributed by atoms with E-state index in [0.717, 1.165) is 29.9 Å². The maximum Gasteiger partial charge on any atom is 0.485 e. The highest BCUT2D eigenvalue weighted by molar-refractivity contribution is 7.98. The summed E-state index contributed by atoms with van der Waals surface area (Å²) in [6.45, 7) is 0.